The van der Waals surface area contributed by atoms with Crippen LogP contribution in [0.15, 0.2) is 36.7 Å². The zero-order valence-corrected chi connectivity index (χ0v) is 14.7. The van der Waals surface area contributed by atoms with Gasteiger partial charge in [-0.1, -0.05) is 0 Å². The van der Waals surface area contributed by atoms with Crippen molar-refractivity contribution >= 4 is 27.3 Å². The van der Waals surface area contributed by atoms with E-state index in [2.05, 4.69) is 21.4 Å². The molecule has 0 saturated carbocycles. The molecule has 1 amide bonds. The van der Waals surface area contributed by atoms with Crippen LogP contribution >= 0.6 is 11.3 Å². The molecule has 4 rings (SSSR count). The van der Waals surface area contributed by atoms with E-state index in [9.17, 15) is 4.79 Å². The van der Waals surface area contributed by atoms with E-state index >= 15 is 0 Å². The van der Waals surface area contributed by atoms with Gasteiger partial charge in [0.15, 0.2) is 0 Å². The maximum atomic E-state index is 12.4. The molecule has 0 atom stereocenters. The van der Waals surface area contributed by atoms with Gasteiger partial charge in [0.2, 0.25) is 0 Å². The van der Waals surface area contributed by atoms with Crippen LogP contribution in [0.2, 0.25) is 0 Å². The van der Waals surface area contributed by atoms with E-state index < -0.39 is 0 Å². The molecule has 0 radical (unpaired) electrons. The van der Waals surface area contributed by atoms with E-state index in [0.29, 0.717) is 18.8 Å². The fourth-order valence-corrected chi connectivity index (χ4v) is 3.87. The summed E-state index contributed by atoms with van der Waals surface area (Å²) in [5, 5.41) is 4.35. The Morgan fingerprint density at radius 1 is 1.20 bits per heavy atom. The summed E-state index contributed by atoms with van der Waals surface area (Å²) in [4.78, 5) is 24.1. The molecule has 0 aliphatic carbocycles. The minimum Gasteiger partial charge on any atom is -0.497 e. The van der Waals surface area contributed by atoms with Crippen LogP contribution < -0.4 is 10.1 Å². The Bertz CT molecular complexity index is 901. The molecule has 3 heterocycles. The Morgan fingerprint density at radius 2 is 2.04 bits per heavy atom. The Morgan fingerprint density at radius 3 is 2.76 bits per heavy atom. The first-order valence-corrected chi connectivity index (χ1v) is 8.96. The number of benzene rings is 1. The van der Waals surface area contributed by atoms with Gasteiger partial charge < -0.3 is 15.0 Å². The number of rotatable bonds is 3. The molecule has 1 saturated heterocycles. The van der Waals surface area contributed by atoms with E-state index in [1.54, 1.807) is 30.8 Å². The zero-order valence-electron chi connectivity index (χ0n) is 13.9. The molecular weight excluding hydrogens is 336 g/mol. The second-order valence-electron chi connectivity index (χ2n) is 5.84. The van der Waals surface area contributed by atoms with Crippen molar-refractivity contribution in [2.75, 3.05) is 33.3 Å². The molecule has 25 heavy (non-hydrogen) atoms. The van der Waals surface area contributed by atoms with Crippen molar-refractivity contribution in [3.63, 3.8) is 0 Å². The Hall–Kier alpha value is -2.51. The van der Waals surface area contributed by atoms with Crippen molar-refractivity contribution in [2.45, 2.75) is 0 Å². The second kappa shape index (κ2) is 6.78. The fourth-order valence-electron chi connectivity index (χ4n) is 2.87. The molecular formula is C18H18N4O2S. The lowest BCUT2D eigenvalue weighted by atomic mass is 10.2. The third-order valence-electron chi connectivity index (χ3n) is 4.25. The lowest BCUT2D eigenvalue weighted by Gasteiger charge is -2.26. The molecule has 0 spiro atoms. The van der Waals surface area contributed by atoms with Gasteiger partial charge in [-0.2, -0.15) is 0 Å². The lowest BCUT2D eigenvalue weighted by Crippen LogP contribution is -2.46. The summed E-state index contributed by atoms with van der Waals surface area (Å²) in [6, 6.07) is 8.07. The normalized spacial score (nSPS) is 14.7. The number of hydrogen-bond acceptors (Lipinski definition) is 6. The van der Waals surface area contributed by atoms with Gasteiger partial charge >= 0.3 is 0 Å². The van der Waals surface area contributed by atoms with Crippen molar-refractivity contribution < 1.29 is 9.53 Å². The molecule has 1 aliphatic heterocycles. The van der Waals surface area contributed by atoms with Gasteiger partial charge in [0.25, 0.3) is 5.91 Å². The summed E-state index contributed by atoms with van der Waals surface area (Å²) in [5.74, 6) is 0.779. The van der Waals surface area contributed by atoms with Crippen LogP contribution in [0.1, 0.15) is 10.5 Å². The Labute approximate surface area is 149 Å². The standard InChI is InChI=1S/C18H18N4O2S/c1-24-13-2-3-16-12(8-13)9-17(25-16)14-10-21-15(11-20-14)18(23)22-6-4-19-5-7-22/h2-3,8-11,19H,4-7H2,1H3. The monoisotopic (exact) mass is 354 g/mol. The number of fused-ring (bicyclic) bond motifs is 1. The Kier molecular flexibility index (Phi) is 4.33. The molecule has 6 nitrogen and oxygen atoms in total. The van der Waals surface area contributed by atoms with E-state index in [1.165, 1.54) is 4.70 Å². The van der Waals surface area contributed by atoms with Crippen molar-refractivity contribution in [2.24, 2.45) is 0 Å². The summed E-state index contributed by atoms with van der Waals surface area (Å²) in [6.07, 6.45) is 3.25. The van der Waals surface area contributed by atoms with Gasteiger partial charge in [-0.3, -0.25) is 9.78 Å². The molecule has 1 aromatic carbocycles. The van der Waals surface area contributed by atoms with Gasteiger partial charge in [-0.25, -0.2) is 4.98 Å². The summed E-state index contributed by atoms with van der Waals surface area (Å²) in [5.41, 5.74) is 1.17. The first kappa shape index (κ1) is 16.0. The molecule has 0 bridgehead atoms. The number of nitrogens with zero attached hydrogens (tertiary/aromatic N) is 3. The quantitative estimate of drug-likeness (QED) is 0.782. The van der Waals surface area contributed by atoms with Crippen molar-refractivity contribution in [1.82, 2.24) is 20.2 Å². The largest absolute Gasteiger partial charge is 0.497 e. The smallest absolute Gasteiger partial charge is 0.274 e. The minimum atomic E-state index is -0.0540. The topological polar surface area (TPSA) is 67.3 Å². The van der Waals surface area contributed by atoms with Gasteiger partial charge in [0, 0.05) is 30.9 Å². The van der Waals surface area contributed by atoms with Gasteiger partial charge in [0.05, 0.1) is 30.1 Å². The van der Waals surface area contributed by atoms with Crippen LogP contribution in [-0.4, -0.2) is 54.1 Å². The summed E-state index contributed by atoms with van der Waals surface area (Å²) in [6.45, 7) is 3.06. The molecule has 1 aliphatic rings. The molecule has 7 heteroatoms. The van der Waals surface area contributed by atoms with E-state index in [4.69, 9.17) is 4.74 Å². The number of piperazine rings is 1. The van der Waals surface area contributed by atoms with Crippen LogP contribution in [0.4, 0.5) is 0 Å². The van der Waals surface area contributed by atoms with Crippen LogP contribution in [0.25, 0.3) is 20.7 Å². The molecule has 1 N–H and O–H groups in total. The molecule has 2 aromatic heterocycles. The maximum Gasteiger partial charge on any atom is 0.274 e. The van der Waals surface area contributed by atoms with Crippen molar-refractivity contribution in [3.8, 4) is 16.3 Å². The average Bonchev–Trinajstić information content (AvgIpc) is 3.11. The van der Waals surface area contributed by atoms with Crippen molar-refractivity contribution in [3.05, 3.63) is 42.4 Å². The minimum absolute atomic E-state index is 0.0540. The number of hydrogen-bond donors (Lipinski definition) is 1. The highest BCUT2D eigenvalue weighted by Gasteiger charge is 2.19. The van der Waals surface area contributed by atoms with Crippen molar-refractivity contribution in [1.29, 1.82) is 0 Å². The number of nitrogens with one attached hydrogen (secondary N) is 1. The number of carbonyl (C=O) groups excluding carboxylic acids is 1. The highest BCUT2D eigenvalue weighted by Crippen LogP contribution is 2.34. The third kappa shape index (κ3) is 3.20. The highest BCUT2D eigenvalue weighted by atomic mass is 32.1. The fraction of sp³-hybridized carbons (Fsp3) is 0.278. The summed E-state index contributed by atoms with van der Waals surface area (Å²) >= 11 is 1.65. The second-order valence-corrected chi connectivity index (χ2v) is 6.93. The number of amides is 1. The first-order chi connectivity index (χ1) is 12.2. The first-order valence-electron chi connectivity index (χ1n) is 8.14. The number of ether oxygens (including phenoxy) is 1. The third-order valence-corrected chi connectivity index (χ3v) is 5.39. The van der Waals surface area contributed by atoms with E-state index in [0.717, 1.165) is 34.8 Å². The van der Waals surface area contributed by atoms with Crippen LogP contribution in [-0.2, 0) is 0 Å². The van der Waals surface area contributed by atoms with Gasteiger partial charge in [0.1, 0.15) is 11.4 Å². The predicted molar refractivity (Wildman–Crippen MR) is 98.2 cm³/mol. The average molecular weight is 354 g/mol. The number of aromatic nitrogens is 2. The molecule has 0 unspecified atom stereocenters. The van der Waals surface area contributed by atoms with Crippen LogP contribution in [0.5, 0.6) is 5.75 Å². The van der Waals surface area contributed by atoms with E-state index in [-0.39, 0.29) is 5.91 Å². The summed E-state index contributed by atoms with van der Waals surface area (Å²) < 4.78 is 6.43. The summed E-state index contributed by atoms with van der Waals surface area (Å²) in [7, 11) is 1.66. The molecule has 3 aromatic rings. The van der Waals surface area contributed by atoms with Gasteiger partial charge in [-0.15, -0.1) is 11.3 Å². The zero-order chi connectivity index (χ0) is 17.2. The van der Waals surface area contributed by atoms with Crippen LogP contribution in [0.3, 0.4) is 0 Å². The predicted octanol–water partition coefficient (Wildman–Crippen LogP) is 2.41. The lowest BCUT2D eigenvalue weighted by molar-refractivity contribution is 0.0729. The number of thiophene rings is 1. The van der Waals surface area contributed by atoms with Gasteiger partial charge in [-0.05, 0) is 29.7 Å². The number of methoxy groups -OCH3 is 1. The SMILES string of the molecule is COc1ccc2sc(-c3cnc(C(=O)N4CCNCC4)cn3)cc2c1. The molecule has 1 fully saturated rings. The number of carbonyl (C=O) groups is 1. The van der Waals surface area contributed by atoms with E-state index in [1.807, 2.05) is 23.1 Å². The molecule has 128 valence electrons. The van der Waals surface area contributed by atoms with Crippen LogP contribution in [0, 0.1) is 0 Å². The Balaban J connectivity index is 1.58. The maximum absolute atomic E-state index is 12.4. The highest BCUT2D eigenvalue weighted by molar-refractivity contribution is 7.22.